The van der Waals surface area contributed by atoms with Crippen molar-refractivity contribution in [3.8, 4) is 5.69 Å². The van der Waals surface area contributed by atoms with Crippen LogP contribution in [0.2, 0.25) is 0 Å². The molecule has 0 unspecified atom stereocenters. The Morgan fingerprint density at radius 3 is 2.56 bits per heavy atom. The molecule has 2 aromatic carbocycles. The summed E-state index contributed by atoms with van der Waals surface area (Å²) in [6, 6.07) is 17.3. The normalized spacial score (nSPS) is 15.3. The molecule has 5 nitrogen and oxygen atoms in total. The molecular formula is C21H23N3O2S. The molecule has 0 bridgehead atoms. The van der Waals surface area contributed by atoms with Crippen LogP contribution in [-0.4, -0.2) is 53.1 Å². The summed E-state index contributed by atoms with van der Waals surface area (Å²) in [6.45, 7) is 4.72. The minimum atomic E-state index is -0.0116. The topological polar surface area (TPSA) is 47.4 Å². The van der Waals surface area contributed by atoms with E-state index >= 15 is 0 Å². The Hall–Kier alpha value is -2.15. The van der Waals surface area contributed by atoms with E-state index in [2.05, 4.69) is 4.90 Å². The largest absolute Gasteiger partial charge is 0.379 e. The monoisotopic (exact) mass is 381 g/mol. The number of thioether (sulfide) groups is 1. The van der Waals surface area contributed by atoms with Gasteiger partial charge >= 0.3 is 0 Å². The molecule has 0 N–H and O–H groups in total. The second kappa shape index (κ2) is 8.69. The number of nitrogens with zero attached hydrogens (tertiary/aromatic N) is 3. The molecule has 6 heteroatoms. The van der Waals surface area contributed by atoms with Crippen LogP contribution in [0, 0.1) is 0 Å². The predicted molar refractivity (Wildman–Crippen MR) is 110 cm³/mol. The molecule has 1 fully saturated rings. The highest BCUT2D eigenvalue weighted by Crippen LogP contribution is 2.22. The van der Waals surface area contributed by atoms with E-state index in [1.807, 2.05) is 54.6 Å². The fourth-order valence-electron chi connectivity index (χ4n) is 3.29. The number of hydrogen-bond acceptors (Lipinski definition) is 5. The van der Waals surface area contributed by atoms with Crippen LogP contribution in [0.15, 0.2) is 64.5 Å². The zero-order valence-electron chi connectivity index (χ0n) is 15.2. The van der Waals surface area contributed by atoms with Crippen molar-refractivity contribution in [2.75, 3.05) is 38.6 Å². The molecule has 0 spiro atoms. The highest BCUT2D eigenvalue weighted by atomic mass is 32.2. The first kappa shape index (κ1) is 18.2. The average Bonchev–Trinajstić information content (AvgIpc) is 2.73. The Kier molecular flexibility index (Phi) is 5.87. The number of aromatic nitrogens is 2. The fourth-order valence-corrected chi connectivity index (χ4v) is 4.23. The number of rotatable bonds is 6. The van der Waals surface area contributed by atoms with Gasteiger partial charge in [0.25, 0.3) is 5.56 Å². The molecule has 0 atom stereocenters. The van der Waals surface area contributed by atoms with Gasteiger partial charge in [-0.25, -0.2) is 4.98 Å². The van der Waals surface area contributed by atoms with Crippen LogP contribution in [0.25, 0.3) is 16.6 Å². The van der Waals surface area contributed by atoms with Gasteiger partial charge in [-0.05, 0) is 37.2 Å². The smallest absolute Gasteiger partial charge is 0.266 e. The molecule has 2 heterocycles. The van der Waals surface area contributed by atoms with Crippen molar-refractivity contribution < 1.29 is 4.74 Å². The lowest BCUT2D eigenvalue weighted by Gasteiger charge is -2.26. The van der Waals surface area contributed by atoms with Gasteiger partial charge in [-0.15, -0.1) is 0 Å². The number of hydrogen-bond donors (Lipinski definition) is 0. The minimum Gasteiger partial charge on any atom is -0.379 e. The zero-order chi connectivity index (χ0) is 18.5. The molecule has 1 aromatic heterocycles. The molecule has 1 saturated heterocycles. The van der Waals surface area contributed by atoms with Gasteiger partial charge in [0.2, 0.25) is 0 Å². The van der Waals surface area contributed by atoms with Gasteiger partial charge in [0, 0.05) is 18.8 Å². The highest BCUT2D eigenvalue weighted by molar-refractivity contribution is 7.99. The first-order valence-electron chi connectivity index (χ1n) is 9.33. The standard InChI is InChI=1S/C21H23N3O2S/c25-20-18-9-4-5-10-19(18)22-21(24(20)17-7-2-1-3-8-17)27-16-6-11-23-12-14-26-15-13-23/h1-5,7-10H,6,11-16H2. The van der Waals surface area contributed by atoms with Gasteiger partial charge in [0.1, 0.15) is 0 Å². The zero-order valence-corrected chi connectivity index (χ0v) is 16.0. The van der Waals surface area contributed by atoms with Crippen LogP contribution in [0.1, 0.15) is 6.42 Å². The van der Waals surface area contributed by atoms with Gasteiger partial charge in [-0.1, -0.05) is 42.1 Å². The number of fused-ring (bicyclic) bond motifs is 1. The van der Waals surface area contributed by atoms with Crippen molar-refractivity contribution in [2.45, 2.75) is 11.6 Å². The van der Waals surface area contributed by atoms with E-state index in [0.29, 0.717) is 5.39 Å². The molecule has 0 amide bonds. The first-order valence-corrected chi connectivity index (χ1v) is 10.3. The van der Waals surface area contributed by atoms with Crippen LogP contribution in [0.3, 0.4) is 0 Å². The van der Waals surface area contributed by atoms with Crippen molar-refractivity contribution in [3.63, 3.8) is 0 Å². The van der Waals surface area contributed by atoms with Crippen LogP contribution in [-0.2, 0) is 4.74 Å². The van der Waals surface area contributed by atoms with Gasteiger partial charge in [0.05, 0.1) is 29.8 Å². The lowest BCUT2D eigenvalue weighted by molar-refractivity contribution is 0.0381. The van der Waals surface area contributed by atoms with E-state index in [4.69, 9.17) is 9.72 Å². The van der Waals surface area contributed by atoms with Crippen molar-refractivity contribution in [2.24, 2.45) is 0 Å². The summed E-state index contributed by atoms with van der Waals surface area (Å²) in [4.78, 5) is 20.3. The maximum Gasteiger partial charge on any atom is 0.266 e. The predicted octanol–water partition coefficient (Wildman–Crippen LogP) is 3.20. The average molecular weight is 382 g/mol. The van der Waals surface area contributed by atoms with E-state index in [0.717, 1.165) is 61.4 Å². The highest BCUT2D eigenvalue weighted by Gasteiger charge is 2.14. The third-order valence-electron chi connectivity index (χ3n) is 4.71. The lowest BCUT2D eigenvalue weighted by Crippen LogP contribution is -2.37. The number of para-hydroxylation sites is 2. The Balaban J connectivity index is 1.57. The molecule has 140 valence electrons. The van der Waals surface area contributed by atoms with Crippen molar-refractivity contribution in [1.29, 1.82) is 0 Å². The van der Waals surface area contributed by atoms with Crippen LogP contribution < -0.4 is 5.56 Å². The summed E-state index contributed by atoms with van der Waals surface area (Å²) in [5.41, 5.74) is 1.60. The number of morpholine rings is 1. The Labute approximate surface area is 163 Å². The van der Waals surface area contributed by atoms with Crippen LogP contribution in [0.4, 0.5) is 0 Å². The summed E-state index contributed by atoms with van der Waals surface area (Å²) < 4.78 is 7.14. The molecular weight excluding hydrogens is 358 g/mol. The first-order chi connectivity index (χ1) is 13.3. The third-order valence-corrected chi connectivity index (χ3v) is 5.74. The minimum absolute atomic E-state index is 0.0116. The van der Waals surface area contributed by atoms with E-state index in [1.54, 1.807) is 16.3 Å². The van der Waals surface area contributed by atoms with E-state index in [9.17, 15) is 4.79 Å². The molecule has 0 radical (unpaired) electrons. The molecule has 0 aliphatic carbocycles. The SMILES string of the molecule is O=c1c2ccccc2nc(SCCCN2CCOCC2)n1-c1ccccc1. The molecule has 3 aromatic rings. The van der Waals surface area contributed by atoms with Crippen LogP contribution >= 0.6 is 11.8 Å². The number of ether oxygens (including phenoxy) is 1. The summed E-state index contributed by atoms with van der Waals surface area (Å²) in [6.07, 6.45) is 1.06. The summed E-state index contributed by atoms with van der Waals surface area (Å²) in [7, 11) is 0. The van der Waals surface area contributed by atoms with Gasteiger partial charge in [-0.2, -0.15) is 0 Å². The van der Waals surface area contributed by atoms with E-state index in [1.165, 1.54) is 0 Å². The van der Waals surface area contributed by atoms with Crippen molar-refractivity contribution >= 4 is 22.7 Å². The third kappa shape index (κ3) is 4.24. The van der Waals surface area contributed by atoms with Crippen LogP contribution in [0.5, 0.6) is 0 Å². The molecule has 1 aliphatic heterocycles. The summed E-state index contributed by atoms with van der Waals surface area (Å²) >= 11 is 1.65. The van der Waals surface area contributed by atoms with Gasteiger partial charge < -0.3 is 4.74 Å². The molecule has 27 heavy (non-hydrogen) atoms. The molecule has 1 aliphatic rings. The van der Waals surface area contributed by atoms with Crippen molar-refractivity contribution in [3.05, 3.63) is 65.0 Å². The number of benzene rings is 2. The maximum absolute atomic E-state index is 13.1. The van der Waals surface area contributed by atoms with Crippen molar-refractivity contribution in [1.82, 2.24) is 14.5 Å². The quantitative estimate of drug-likeness (QED) is 0.373. The molecule has 0 saturated carbocycles. The summed E-state index contributed by atoms with van der Waals surface area (Å²) in [5.74, 6) is 0.926. The van der Waals surface area contributed by atoms with E-state index < -0.39 is 0 Å². The second-order valence-corrected chi connectivity index (χ2v) is 7.61. The maximum atomic E-state index is 13.1. The molecule has 4 rings (SSSR count). The Morgan fingerprint density at radius 2 is 1.74 bits per heavy atom. The Morgan fingerprint density at radius 1 is 1.00 bits per heavy atom. The Bertz CT molecular complexity index is 953. The summed E-state index contributed by atoms with van der Waals surface area (Å²) in [5, 5.41) is 1.41. The van der Waals surface area contributed by atoms with Gasteiger partial charge in [0.15, 0.2) is 5.16 Å². The second-order valence-electron chi connectivity index (χ2n) is 6.54. The van der Waals surface area contributed by atoms with Gasteiger partial charge in [-0.3, -0.25) is 14.3 Å². The lowest BCUT2D eigenvalue weighted by atomic mass is 10.2. The fraction of sp³-hybridized carbons (Fsp3) is 0.333. The van der Waals surface area contributed by atoms with E-state index in [-0.39, 0.29) is 5.56 Å².